The van der Waals surface area contributed by atoms with Gasteiger partial charge in [-0.2, -0.15) is 0 Å². The Labute approximate surface area is 187 Å². The first-order valence-corrected chi connectivity index (χ1v) is 12.7. The lowest BCUT2D eigenvalue weighted by Gasteiger charge is -2.38. The van der Waals surface area contributed by atoms with Gasteiger partial charge in [0.25, 0.3) is 0 Å². The van der Waals surface area contributed by atoms with Crippen LogP contribution in [0.4, 0.5) is 4.39 Å². The summed E-state index contributed by atoms with van der Waals surface area (Å²) >= 11 is 0. The van der Waals surface area contributed by atoms with Gasteiger partial charge in [-0.05, 0) is 92.6 Å². The first-order chi connectivity index (χ1) is 15.1. The van der Waals surface area contributed by atoms with E-state index in [4.69, 9.17) is 4.74 Å². The van der Waals surface area contributed by atoms with Crippen LogP contribution in [0.5, 0.6) is 0 Å². The number of esters is 1. The van der Waals surface area contributed by atoms with Crippen molar-refractivity contribution in [3.05, 3.63) is 47.3 Å². The molecule has 0 N–H and O–H groups in total. The van der Waals surface area contributed by atoms with E-state index in [1.807, 2.05) is 12.1 Å². The highest BCUT2D eigenvalue weighted by Crippen LogP contribution is 2.45. The van der Waals surface area contributed by atoms with Crippen LogP contribution in [-0.4, -0.2) is 12.1 Å². The van der Waals surface area contributed by atoms with E-state index in [1.165, 1.54) is 44.9 Å². The number of hydrogen-bond acceptors (Lipinski definition) is 2. The molecule has 0 amide bonds. The third-order valence-corrected chi connectivity index (χ3v) is 8.34. The maximum atomic E-state index is 15.4. The van der Waals surface area contributed by atoms with E-state index in [0.717, 1.165) is 61.0 Å². The van der Waals surface area contributed by atoms with Crippen LogP contribution >= 0.6 is 0 Å². The number of benzene rings is 1. The van der Waals surface area contributed by atoms with Gasteiger partial charge < -0.3 is 4.74 Å². The normalized spacial score (nSPS) is 31.0. The summed E-state index contributed by atoms with van der Waals surface area (Å²) in [6.45, 7) is 5.94. The number of allylic oxidation sites excluding steroid dienone is 1. The van der Waals surface area contributed by atoms with Crippen LogP contribution in [0.25, 0.3) is 0 Å². The Morgan fingerprint density at radius 1 is 1.03 bits per heavy atom. The summed E-state index contributed by atoms with van der Waals surface area (Å²) in [7, 11) is 0. The molecular formula is C28H39FO2. The molecule has 1 unspecified atom stereocenters. The third-order valence-electron chi connectivity index (χ3n) is 8.34. The van der Waals surface area contributed by atoms with Crippen molar-refractivity contribution in [1.29, 1.82) is 0 Å². The molecule has 3 aliphatic rings. The van der Waals surface area contributed by atoms with Crippen LogP contribution in [0.2, 0.25) is 0 Å². The van der Waals surface area contributed by atoms with Gasteiger partial charge in [-0.15, -0.1) is 6.58 Å². The molecule has 31 heavy (non-hydrogen) atoms. The van der Waals surface area contributed by atoms with E-state index in [0.29, 0.717) is 6.42 Å². The topological polar surface area (TPSA) is 26.3 Å². The maximum Gasteiger partial charge on any atom is 0.341 e. The second-order valence-electron chi connectivity index (χ2n) is 10.3. The van der Waals surface area contributed by atoms with Crippen LogP contribution in [0.1, 0.15) is 111 Å². The molecule has 0 radical (unpaired) electrons. The summed E-state index contributed by atoms with van der Waals surface area (Å²) in [5, 5.41) is 0. The largest absolute Gasteiger partial charge is 0.458 e. The fourth-order valence-electron chi connectivity index (χ4n) is 6.52. The maximum absolute atomic E-state index is 15.4. The molecule has 0 saturated heterocycles. The molecule has 2 aliphatic carbocycles. The van der Waals surface area contributed by atoms with Gasteiger partial charge in [0.1, 0.15) is 11.9 Å². The summed E-state index contributed by atoms with van der Waals surface area (Å²) in [5.41, 5.74) is 1.79. The molecule has 3 heteroatoms. The molecule has 2 saturated carbocycles. The number of carbonyl (C=O) groups is 1. The number of carbonyl (C=O) groups excluding carboxylic acids is 1. The number of halogens is 1. The Morgan fingerprint density at radius 3 is 2.35 bits per heavy atom. The highest BCUT2D eigenvalue weighted by molar-refractivity contribution is 5.92. The summed E-state index contributed by atoms with van der Waals surface area (Å²) in [4.78, 5) is 12.5. The minimum absolute atomic E-state index is 0.0995. The second-order valence-corrected chi connectivity index (χ2v) is 10.3. The van der Waals surface area contributed by atoms with Crippen LogP contribution in [0.3, 0.4) is 0 Å². The molecule has 0 aromatic heterocycles. The van der Waals surface area contributed by atoms with Crippen LogP contribution in [0.15, 0.2) is 24.8 Å². The van der Waals surface area contributed by atoms with Crippen LogP contribution in [-0.2, 0) is 11.2 Å². The van der Waals surface area contributed by atoms with Crippen molar-refractivity contribution < 1.29 is 13.9 Å². The number of hydrogen-bond donors (Lipinski definition) is 0. The zero-order valence-corrected chi connectivity index (χ0v) is 19.2. The fraction of sp³-hybridized carbons (Fsp3) is 0.679. The highest BCUT2D eigenvalue weighted by atomic mass is 19.1. The lowest BCUT2D eigenvalue weighted by Crippen LogP contribution is -2.29. The summed E-state index contributed by atoms with van der Waals surface area (Å²) < 4.78 is 20.9. The van der Waals surface area contributed by atoms with Crippen LogP contribution in [0, 0.1) is 23.6 Å². The van der Waals surface area contributed by atoms with E-state index < -0.39 is 5.97 Å². The molecule has 1 atom stereocenters. The van der Waals surface area contributed by atoms with E-state index in [2.05, 4.69) is 19.6 Å². The predicted molar refractivity (Wildman–Crippen MR) is 124 cm³/mol. The van der Waals surface area contributed by atoms with Crippen LogP contribution < -0.4 is 0 Å². The second kappa shape index (κ2) is 10.3. The van der Waals surface area contributed by atoms with Gasteiger partial charge in [-0.25, -0.2) is 9.18 Å². The molecule has 170 valence electrons. The molecule has 1 aromatic rings. The van der Waals surface area contributed by atoms with Gasteiger partial charge in [0, 0.05) is 6.42 Å². The zero-order valence-electron chi connectivity index (χ0n) is 19.2. The van der Waals surface area contributed by atoms with Gasteiger partial charge in [0.15, 0.2) is 0 Å². The summed E-state index contributed by atoms with van der Waals surface area (Å²) in [5.74, 6) is 2.04. The van der Waals surface area contributed by atoms with Gasteiger partial charge in [-0.1, -0.05) is 44.4 Å². The van der Waals surface area contributed by atoms with Crippen molar-refractivity contribution in [2.45, 2.75) is 102 Å². The molecule has 2 fully saturated rings. The molecule has 0 bridgehead atoms. The van der Waals surface area contributed by atoms with Crippen molar-refractivity contribution >= 4 is 5.97 Å². The van der Waals surface area contributed by atoms with Gasteiger partial charge >= 0.3 is 5.97 Å². The zero-order chi connectivity index (χ0) is 21.8. The number of rotatable bonds is 7. The highest BCUT2D eigenvalue weighted by Gasteiger charge is 2.35. The van der Waals surface area contributed by atoms with Crippen molar-refractivity contribution in [2.75, 3.05) is 0 Å². The lowest BCUT2D eigenvalue weighted by atomic mass is 9.68. The molecule has 0 spiro atoms. The SMILES string of the molecule is C=CCCC1CCC(C2CCC(c3ccc4c(c3F)C(=O)OC(CCC)C4)CC2)CC1. The minimum Gasteiger partial charge on any atom is -0.458 e. The number of ether oxygens (including phenoxy) is 1. The van der Waals surface area contributed by atoms with E-state index in [9.17, 15) is 4.79 Å². The predicted octanol–water partition coefficient (Wildman–Crippen LogP) is 7.75. The Morgan fingerprint density at radius 2 is 1.71 bits per heavy atom. The Kier molecular flexibility index (Phi) is 7.51. The van der Waals surface area contributed by atoms with Crippen molar-refractivity contribution in [3.8, 4) is 0 Å². The van der Waals surface area contributed by atoms with Gasteiger partial charge in [0.2, 0.25) is 0 Å². The average molecular weight is 427 g/mol. The van der Waals surface area contributed by atoms with Crippen molar-refractivity contribution in [3.63, 3.8) is 0 Å². The lowest BCUT2D eigenvalue weighted by molar-refractivity contribution is 0.0229. The van der Waals surface area contributed by atoms with Gasteiger partial charge in [0.05, 0.1) is 5.56 Å². The summed E-state index contributed by atoms with van der Waals surface area (Å²) in [6, 6.07) is 3.96. The first kappa shape index (κ1) is 22.6. The molecule has 1 aromatic carbocycles. The van der Waals surface area contributed by atoms with Gasteiger partial charge in [-0.3, -0.25) is 0 Å². The average Bonchev–Trinajstić information content (AvgIpc) is 2.78. The molecule has 1 heterocycles. The molecule has 2 nitrogen and oxygen atoms in total. The monoisotopic (exact) mass is 426 g/mol. The Balaban J connectivity index is 1.35. The smallest absolute Gasteiger partial charge is 0.341 e. The quantitative estimate of drug-likeness (QED) is 0.329. The van der Waals surface area contributed by atoms with Crippen molar-refractivity contribution in [2.24, 2.45) is 17.8 Å². The Bertz CT molecular complexity index is 769. The number of fused-ring (bicyclic) bond motifs is 1. The molecule has 4 rings (SSSR count). The molecule has 1 aliphatic heterocycles. The first-order valence-electron chi connectivity index (χ1n) is 12.7. The molecular weight excluding hydrogens is 387 g/mol. The summed E-state index contributed by atoms with van der Waals surface area (Å²) in [6.07, 6.45) is 16.8. The fourth-order valence-corrected chi connectivity index (χ4v) is 6.52. The Hall–Kier alpha value is -1.64. The minimum atomic E-state index is -0.457. The number of cyclic esters (lactones) is 1. The van der Waals surface area contributed by atoms with E-state index >= 15 is 4.39 Å². The van der Waals surface area contributed by atoms with Crippen molar-refractivity contribution in [1.82, 2.24) is 0 Å². The van der Waals surface area contributed by atoms with E-state index in [-0.39, 0.29) is 23.4 Å². The van der Waals surface area contributed by atoms with E-state index in [1.54, 1.807) is 0 Å². The standard InChI is InChI=1S/C28H39FO2/c1-3-5-7-19-8-10-20(11-9-19)21-12-14-22(15-13-21)25-17-16-23-18-24(6-4-2)31-28(30)26(23)27(25)29/h3,16-17,19-22,24H,1,4-15,18H2,2H3. The third kappa shape index (κ3) is 5.07.